The molecule has 0 spiro atoms. The predicted molar refractivity (Wildman–Crippen MR) is 138 cm³/mol. The summed E-state index contributed by atoms with van der Waals surface area (Å²) in [5.74, 6) is 0.695. The van der Waals surface area contributed by atoms with Gasteiger partial charge in [0.05, 0.1) is 11.7 Å². The highest BCUT2D eigenvalue weighted by atomic mass is 35.5. The quantitative estimate of drug-likeness (QED) is 0.342. The molecule has 0 saturated heterocycles. The third-order valence-electron chi connectivity index (χ3n) is 6.40. The minimum absolute atomic E-state index is 0.0248. The van der Waals surface area contributed by atoms with E-state index in [1.807, 2.05) is 66.1 Å². The Balaban J connectivity index is 1.55. The number of halogens is 2. The van der Waals surface area contributed by atoms with E-state index in [1.165, 1.54) is 5.56 Å². The molecule has 0 N–H and O–H groups in total. The fourth-order valence-corrected chi connectivity index (χ4v) is 4.99. The standard InChI is InChI=1S/C28H25Cl2N3O/c1-19-31-26-18-32(17-20-5-3-2-4-6-20)16-15-25(26)28(34)33(19)27(21-7-11-23(29)12-8-21)22-9-13-24(30)14-10-22/h2-14,27H,15-18H2,1H3. The lowest BCUT2D eigenvalue weighted by atomic mass is 9.97. The van der Waals surface area contributed by atoms with Crippen LogP contribution in [0.5, 0.6) is 0 Å². The van der Waals surface area contributed by atoms with Crippen molar-refractivity contribution >= 4 is 23.2 Å². The molecule has 0 atom stereocenters. The van der Waals surface area contributed by atoms with Crippen molar-refractivity contribution in [2.45, 2.75) is 32.5 Å². The Bertz CT molecular complexity index is 1300. The first kappa shape index (κ1) is 22.9. The topological polar surface area (TPSA) is 38.1 Å². The van der Waals surface area contributed by atoms with E-state index in [2.05, 4.69) is 29.2 Å². The van der Waals surface area contributed by atoms with Gasteiger partial charge in [-0.2, -0.15) is 0 Å². The predicted octanol–water partition coefficient (Wildman–Crippen LogP) is 6.05. The fourth-order valence-electron chi connectivity index (χ4n) is 4.74. The van der Waals surface area contributed by atoms with E-state index in [9.17, 15) is 4.79 Å². The van der Waals surface area contributed by atoms with Crippen LogP contribution in [-0.2, 0) is 19.5 Å². The minimum Gasteiger partial charge on any atom is -0.293 e. The summed E-state index contributed by atoms with van der Waals surface area (Å²) in [5, 5.41) is 1.31. The number of aryl methyl sites for hydroxylation is 1. The van der Waals surface area contributed by atoms with Crippen LogP contribution >= 0.6 is 23.2 Å². The van der Waals surface area contributed by atoms with E-state index in [1.54, 1.807) is 0 Å². The number of fused-ring (bicyclic) bond motifs is 1. The molecule has 1 aromatic heterocycles. The monoisotopic (exact) mass is 489 g/mol. The Morgan fingerprint density at radius 2 is 1.47 bits per heavy atom. The third-order valence-corrected chi connectivity index (χ3v) is 6.90. The molecule has 0 unspecified atom stereocenters. The molecule has 4 aromatic rings. The summed E-state index contributed by atoms with van der Waals surface area (Å²) in [4.78, 5) is 21.2. The van der Waals surface area contributed by atoms with Gasteiger partial charge in [0.1, 0.15) is 5.82 Å². The minimum atomic E-state index is -0.317. The van der Waals surface area contributed by atoms with Gasteiger partial charge in [-0.15, -0.1) is 0 Å². The molecule has 5 rings (SSSR count). The fraction of sp³-hybridized carbons (Fsp3) is 0.214. The molecule has 0 saturated carbocycles. The summed E-state index contributed by atoms with van der Waals surface area (Å²) in [6, 6.07) is 25.4. The van der Waals surface area contributed by atoms with E-state index in [0.717, 1.165) is 35.5 Å². The van der Waals surface area contributed by atoms with Crippen LogP contribution in [-0.4, -0.2) is 21.0 Å². The van der Waals surface area contributed by atoms with Crippen molar-refractivity contribution in [3.05, 3.63) is 133 Å². The second-order valence-corrected chi connectivity index (χ2v) is 9.58. The van der Waals surface area contributed by atoms with Crippen LogP contribution in [0.2, 0.25) is 10.0 Å². The average molecular weight is 490 g/mol. The molecule has 0 fully saturated rings. The first-order chi connectivity index (χ1) is 16.5. The largest absolute Gasteiger partial charge is 0.293 e. The van der Waals surface area contributed by atoms with Crippen molar-refractivity contribution < 1.29 is 0 Å². The Hall–Kier alpha value is -2.92. The zero-order valence-electron chi connectivity index (χ0n) is 18.9. The number of benzene rings is 3. The van der Waals surface area contributed by atoms with Crippen molar-refractivity contribution in [3.63, 3.8) is 0 Å². The van der Waals surface area contributed by atoms with Crippen molar-refractivity contribution in [1.82, 2.24) is 14.5 Å². The first-order valence-corrected chi connectivity index (χ1v) is 12.1. The lowest BCUT2D eigenvalue weighted by molar-refractivity contribution is 0.239. The van der Waals surface area contributed by atoms with Crippen molar-refractivity contribution in [3.8, 4) is 0 Å². The second-order valence-electron chi connectivity index (χ2n) is 8.71. The van der Waals surface area contributed by atoms with Crippen LogP contribution in [0.1, 0.15) is 39.8 Å². The molecule has 2 heterocycles. The number of hydrogen-bond acceptors (Lipinski definition) is 3. The van der Waals surface area contributed by atoms with Gasteiger partial charge < -0.3 is 0 Å². The number of rotatable bonds is 5. The summed E-state index contributed by atoms with van der Waals surface area (Å²) >= 11 is 12.3. The highest BCUT2D eigenvalue weighted by Gasteiger charge is 2.27. The van der Waals surface area contributed by atoms with Crippen molar-refractivity contribution in [2.24, 2.45) is 0 Å². The number of aromatic nitrogens is 2. The Morgan fingerprint density at radius 1 is 0.882 bits per heavy atom. The Labute approximate surface area is 209 Å². The molecular weight excluding hydrogens is 465 g/mol. The van der Waals surface area contributed by atoms with E-state index in [-0.39, 0.29) is 11.6 Å². The SMILES string of the molecule is Cc1nc2c(c(=O)n1C(c1ccc(Cl)cc1)c1ccc(Cl)cc1)CCN(Cc1ccccc1)C2. The number of nitrogens with zero attached hydrogens (tertiary/aromatic N) is 3. The smallest absolute Gasteiger partial charge is 0.257 e. The summed E-state index contributed by atoms with van der Waals surface area (Å²) in [5.41, 5.74) is 4.92. The van der Waals surface area contributed by atoms with E-state index < -0.39 is 0 Å². The van der Waals surface area contributed by atoms with E-state index >= 15 is 0 Å². The molecule has 0 radical (unpaired) electrons. The molecule has 34 heavy (non-hydrogen) atoms. The number of hydrogen-bond donors (Lipinski definition) is 0. The molecule has 172 valence electrons. The van der Waals surface area contributed by atoms with E-state index in [0.29, 0.717) is 28.8 Å². The first-order valence-electron chi connectivity index (χ1n) is 11.4. The molecular formula is C28H25Cl2N3O. The van der Waals surface area contributed by atoms with Gasteiger partial charge in [0.15, 0.2) is 0 Å². The van der Waals surface area contributed by atoms with Gasteiger partial charge in [-0.1, -0.05) is 77.8 Å². The molecule has 4 nitrogen and oxygen atoms in total. The molecule has 1 aliphatic rings. The van der Waals surface area contributed by atoms with Crippen LogP contribution in [0.25, 0.3) is 0 Å². The van der Waals surface area contributed by atoms with Gasteiger partial charge >= 0.3 is 0 Å². The van der Waals surface area contributed by atoms with E-state index in [4.69, 9.17) is 28.2 Å². The molecule has 0 bridgehead atoms. The van der Waals surface area contributed by atoms with Gasteiger partial charge in [0.2, 0.25) is 0 Å². The van der Waals surface area contributed by atoms with Crippen LogP contribution in [0.15, 0.2) is 83.7 Å². The van der Waals surface area contributed by atoms with Gasteiger partial charge in [-0.3, -0.25) is 14.3 Å². The van der Waals surface area contributed by atoms with Gasteiger partial charge in [-0.25, -0.2) is 4.98 Å². The Kier molecular flexibility index (Phi) is 6.55. The summed E-state index contributed by atoms with van der Waals surface area (Å²) in [6.45, 7) is 4.26. The zero-order chi connectivity index (χ0) is 23.7. The molecule has 6 heteroatoms. The molecule has 3 aromatic carbocycles. The van der Waals surface area contributed by atoms with Crippen molar-refractivity contribution in [2.75, 3.05) is 6.54 Å². The Morgan fingerprint density at radius 3 is 2.06 bits per heavy atom. The highest BCUT2D eigenvalue weighted by Crippen LogP contribution is 2.29. The molecule has 0 aliphatic carbocycles. The summed E-state index contributed by atoms with van der Waals surface area (Å²) in [7, 11) is 0. The zero-order valence-corrected chi connectivity index (χ0v) is 20.4. The highest BCUT2D eigenvalue weighted by molar-refractivity contribution is 6.30. The second kappa shape index (κ2) is 9.75. The lowest BCUT2D eigenvalue weighted by Gasteiger charge is -2.30. The molecule has 0 amide bonds. The normalized spacial score (nSPS) is 13.8. The summed E-state index contributed by atoms with van der Waals surface area (Å²) in [6.07, 6.45) is 0.683. The maximum absolute atomic E-state index is 13.9. The van der Waals surface area contributed by atoms with Crippen molar-refractivity contribution in [1.29, 1.82) is 0 Å². The molecule has 1 aliphatic heterocycles. The third kappa shape index (κ3) is 4.67. The summed E-state index contributed by atoms with van der Waals surface area (Å²) < 4.78 is 1.82. The van der Waals surface area contributed by atoms with Crippen LogP contribution < -0.4 is 5.56 Å². The van der Waals surface area contributed by atoms with Gasteiger partial charge in [0.25, 0.3) is 5.56 Å². The van der Waals surface area contributed by atoms with Crippen LogP contribution in [0.4, 0.5) is 0 Å². The van der Waals surface area contributed by atoms with Crippen LogP contribution in [0.3, 0.4) is 0 Å². The van der Waals surface area contributed by atoms with Crippen LogP contribution in [0, 0.1) is 6.92 Å². The lowest BCUT2D eigenvalue weighted by Crippen LogP contribution is -2.39. The maximum atomic E-state index is 13.9. The average Bonchev–Trinajstić information content (AvgIpc) is 2.84. The van der Waals surface area contributed by atoms with Gasteiger partial charge in [-0.05, 0) is 54.3 Å². The van der Waals surface area contributed by atoms with Gasteiger partial charge in [0, 0.05) is 35.2 Å². The maximum Gasteiger partial charge on any atom is 0.257 e.